The Balaban J connectivity index is 1.39. The van der Waals surface area contributed by atoms with Crippen molar-refractivity contribution in [1.29, 1.82) is 0 Å². The van der Waals surface area contributed by atoms with Crippen LogP contribution in [0.1, 0.15) is 50.0 Å². The van der Waals surface area contributed by atoms with Gasteiger partial charge in [0.1, 0.15) is 0 Å². The Morgan fingerprint density at radius 3 is 2.54 bits per heavy atom. The summed E-state index contributed by atoms with van der Waals surface area (Å²) in [6, 6.07) is 10.6. The van der Waals surface area contributed by atoms with Gasteiger partial charge in [0.15, 0.2) is 0 Å². The molecule has 0 radical (unpaired) electrons. The molecule has 3 aliphatic rings. The van der Waals surface area contributed by atoms with Gasteiger partial charge in [0, 0.05) is 24.9 Å². The lowest BCUT2D eigenvalue weighted by atomic mass is 9.85. The lowest BCUT2D eigenvalue weighted by Crippen LogP contribution is -2.32. The zero-order chi connectivity index (χ0) is 16.5. The molecule has 3 nitrogen and oxygen atoms in total. The molecule has 4 atom stereocenters. The van der Waals surface area contributed by atoms with E-state index >= 15 is 0 Å². The van der Waals surface area contributed by atoms with Crippen molar-refractivity contribution in [2.24, 2.45) is 29.4 Å². The van der Waals surface area contributed by atoms with Crippen LogP contribution >= 0.6 is 0 Å². The minimum Gasteiger partial charge on any atom is -0.341 e. The number of nitrogens with zero attached hydrogens (tertiary/aromatic N) is 1. The van der Waals surface area contributed by atoms with Gasteiger partial charge >= 0.3 is 0 Å². The number of rotatable bonds is 4. The van der Waals surface area contributed by atoms with Gasteiger partial charge in [-0.25, -0.2) is 0 Å². The maximum atomic E-state index is 13.0. The molecule has 0 bridgehead atoms. The molecule has 0 aromatic heterocycles. The highest BCUT2D eigenvalue weighted by molar-refractivity contribution is 5.82. The number of amides is 1. The minimum atomic E-state index is 0.320. The molecule has 1 amide bonds. The predicted octanol–water partition coefficient (Wildman–Crippen LogP) is 3.40. The Morgan fingerprint density at radius 2 is 1.83 bits per heavy atom. The normalized spacial score (nSPS) is 33.6. The minimum absolute atomic E-state index is 0.320. The first-order valence-corrected chi connectivity index (χ1v) is 9.81. The fraction of sp³-hybridized carbons (Fsp3) is 0.667. The van der Waals surface area contributed by atoms with E-state index in [1.807, 2.05) is 0 Å². The summed E-state index contributed by atoms with van der Waals surface area (Å²) in [5.41, 5.74) is 7.36. The van der Waals surface area contributed by atoms with Gasteiger partial charge < -0.3 is 10.6 Å². The van der Waals surface area contributed by atoms with E-state index < -0.39 is 0 Å². The van der Waals surface area contributed by atoms with Crippen LogP contribution in [0.3, 0.4) is 0 Å². The molecule has 0 spiro atoms. The van der Waals surface area contributed by atoms with Gasteiger partial charge in [-0.15, -0.1) is 0 Å². The number of carbonyl (C=O) groups is 1. The Morgan fingerprint density at radius 1 is 1.08 bits per heavy atom. The summed E-state index contributed by atoms with van der Waals surface area (Å²) in [7, 11) is 0. The summed E-state index contributed by atoms with van der Waals surface area (Å²) in [4.78, 5) is 15.1. The molecular weight excluding hydrogens is 296 g/mol. The van der Waals surface area contributed by atoms with E-state index in [0.29, 0.717) is 36.1 Å². The Bertz CT molecular complexity index is 566. The predicted molar refractivity (Wildman–Crippen MR) is 96.5 cm³/mol. The molecule has 1 aromatic carbocycles. The number of carbonyl (C=O) groups excluding carboxylic acids is 1. The average Bonchev–Trinajstić information content (AvgIpc) is 3.33. The molecule has 130 valence electrons. The summed E-state index contributed by atoms with van der Waals surface area (Å²) in [6.07, 6.45) is 7.99. The highest BCUT2D eigenvalue weighted by Crippen LogP contribution is 2.50. The molecule has 4 rings (SSSR count). The molecule has 24 heavy (non-hydrogen) atoms. The van der Waals surface area contributed by atoms with E-state index in [4.69, 9.17) is 5.73 Å². The van der Waals surface area contributed by atoms with Crippen molar-refractivity contribution in [2.45, 2.75) is 44.4 Å². The highest BCUT2D eigenvalue weighted by Gasteiger charge is 2.50. The standard InChI is InChI=1S/C21H30N2O/c22-12-17-13-23(14-20(17)16-9-5-2-6-10-16)21(24)19-11-18(19)15-7-3-1-4-8-15/h2,5-6,9-10,15,17-20H,1,3-4,7-8,11-14,22H2/t17-,18?,19?,20+/m1/s1. The van der Waals surface area contributed by atoms with Crippen LogP contribution in [0, 0.1) is 23.7 Å². The summed E-state index contributed by atoms with van der Waals surface area (Å²) >= 11 is 0. The molecule has 2 saturated carbocycles. The van der Waals surface area contributed by atoms with Crippen molar-refractivity contribution in [3.63, 3.8) is 0 Å². The zero-order valence-electron chi connectivity index (χ0n) is 14.6. The number of hydrogen-bond acceptors (Lipinski definition) is 2. The monoisotopic (exact) mass is 326 g/mol. The summed E-state index contributed by atoms with van der Waals surface area (Å²) in [5.74, 6) is 3.06. The number of hydrogen-bond donors (Lipinski definition) is 1. The Kier molecular flexibility index (Phi) is 4.62. The lowest BCUT2D eigenvalue weighted by molar-refractivity contribution is -0.132. The largest absolute Gasteiger partial charge is 0.341 e. The maximum absolute atomic E-state index is 13.0. The van der Waals surface area contributed by atoms with Gasteiger partial charge in [0.05, 0.1) is 0 Å². The van der Waals surface area contributed by atoms with Crippen molar-refractivity contribution >= 4 is 5.91 Å². The van der Waals surface area contributed by atoms with Crippen molar-refractivity contribution in [3.8, 4) is 0 Å². The second-order valence-electron chi connectivity index (χ2n) is 8.16. The first-order valence-electron chi connectivity index (χ1n) is 9.81. The van der Waals surface area contributed by atoms with Crippen molar-refractivity contribution in [1.82, 2.24) is 4.90 Å². The van der Waals surface area contributed by atoms with Crippen molar-refractivity contribution in [2.75, 3.05) is 19.6 Å². The Hall–Kier alpha value is -1.35. The van der Waals surface area contributed by atoms with E-state index in [9.17, 15) is 4.79 Å². The van der Waals surface area contributed by atoms with Gasteiger partial charge in [0.25, 0.3) is 0 Å². The van der Waals surface area contributed by atoms with Crippen LogP contribution in [0.25, 0.3) is 0 Å². The number of nitrogens with two attached hydrogens (primary N) is 1. The first kappa shape index (κ1) is 16.1. The summed E-state index contributed by atoms with van der Waals surface area (Å²) in [5, 5.41) is 0. The van der Waals surface area contributed by atoms with Crippen LogP contribution in [0.2, 0.25) is 0 Å². The van der Waals surface area contributed by atoms with E-state index in [-0.39, 0.29) is 0 Å². The van der Waals surface area contributed by atoms with Crippen molar-refractivity contribution in [3.05, 3.63) is 35.9 Å². The number of likely N-dealkylation sites (tertiary alicyclic amines) is 1. The lowest BCUT2D eigenvalue weighted by Gasteiger charge is -2.22. The SMILES string of the molecule is NC[C@@H]1CN(C(=O)C2CC2C2CCCCC2)C[C@H]1c1ccccc1. The Labute approximate surface area is 145 Å². The molecule has 1 aliphatic heterocycles. The fourth-order valence-corrected chi connectivity index (χ4v) is 5.18. The number of benzene rings is 1. The third-order valence-electron chi connectivity index (χ3n) is 6.70. The third-order valence-corrected chi connectivity index (χ3v) is 6.70. The van der Waals surface area contributed by atoms with Crippen LogP contribution in [0.5, 0.6) is 0 Å². The molecular formula is C21H30N2O. The van der Waals surface area contributed by atoms with Crippen LogP contribution in [0.15, 0.2) is 30.3 Å². The molecule has 3 heteroatoms. The zero-order valence-corrected chi connectivity index (χ0v) is 14.6. The highest BCUT2D eigenvalue weighted by atomic mass is 16.2. The van der Waals surface area contributed by atoms with Crippen LogP contribution in [-0.4, -0.2) is 30.4 Å². The molecule has 2 aliphatic carbocycles. The van der Waals surface area contributed by atoms with Gasteiger partial charge in [-0.05, 0) is 36.3 Å². The van der Waals surface area contributed by atoms with E-state index in [1.54, 1.807) is 0 Å². The molecule has 3 fully saturated rings. The maximum Gasteiger partial charge on any atom is 0.226 e. The first-order chi connectivity index (χ1) is 11.8. The third kappa shape index (κ3) is 3.11. The molecule has 2 unspecified atom stereocenters. The van der Waals surface area contributed by atoms with E-state index in [2.05, 4.69) is 35.2 Å². The van der Waals surface area contributed by atoms with Gasteiger partial charge in [-0.2, -0.15) is 0 Å². The average molecular weight is 326 g/mol. The van der Waals surface area contributed by atoms with E-state index in [0.717, 1.165) is 25.4 Å². The summed E-state index contributed by atoms with van der Waals surface area (Å²) in [6.45, 7) is 2.38. The quantitative estimate of drug-likeness (QED) is 0.922. The van der Waals surface area contributed by atoms with E-state index in [1.165, 1.54) is 37.7 Å². The van der Waals surface area contributed by atoms with Crippen LogP contribution in [0.4, 0.5) is 0 Å². The second kappa shape index (κ2) is 6.87. The van der Waals surface area contributed by atoms with Crippen LogP contribution in [-0.2, 0) is 4.79 Å². The molecule has 1 aromatic rings. The second-order valence-corrected chi connectivity index (χ2v) is 8.16. The summed E-state index contributed by atoms with van der Waals surface area (Å²) < 4.78 is 0. The molecule has 1 saturated heterocycles. The smallest absolute Gasteiger partial charge is 0.226 e. The van der Waals surface area contributed by atoms with Crippen molar-refractivity contribution < 1.29 is 4.79 Å². The topological polar surface area (TPSA) is 46.3 Å². The fourth-order valence-electron chi connectivity index (χ4n) is 5.18. The van der Waals surface area contributed by atoms with Gasteiger partial charge in [-0.1, -0.05) is 62.4 Å². The van der Waals surface area contributed by atoms with Gasteiger partial charge in [0.2, 0.25) is 5.91 Å². The van der Waals surface area contributed by atoms with Crippen LogP contribution < -0.4 is 5.73 Å². The molecule has 1 heterocycles. The van der Waals surface area contributed by atoms with Gasteiger partial charge in [-0.3, -0.25) is 4.79 Å². The molecule has 2 N–H and O–H groups in total.